The van der Waals surface area contributed by atoms with Gasteiger partial charge in [-0.05, 0) is 0 Å². The van der Waals surface area contributed by atoms with Crippen LogP contribution in [0.1, 0.15) is 31.5 Å². The Bertz CT molecular complexity index is 2480. The van der Waals surface area contributed by atoms with E-state index in [4.69, 9.17) is 40.3 Å². The molecule has 30 nitrogen and oxygen atoms in total. The number of imidazole rings is 6. The van der Waals surface area contributed by atoms with Crippen molar-refractivity contribution < 1.29 is 33.8 Å². The molecular weight excluding hydrogens is 818 g/mol. The van der Waals surface area contributed by atoms with Gasteiger partial charge in [-0.2, -0.15) is 9.25 Å². The van der Waals surface area contributed by atoms with Gasteiger partial charge in [0.1, 0.15) is 49.2 Å². The van der Waals surface area contributed by atoms with Gasteiger partial charge in [0.05, 0.1) is 12.3 Å². The number of carbonyl (C=O) groups excluding carboxylic acids is 6. The molecule has 5 amide bonds. The number of halogens is 1. The normalized spacial score (nSPS) is 9.62. The van der Waals surface area contributed by atoms with Crippen LogP contribution in [-0.4, -0.2) is 123 Å². The monoisotopic (exact) mass is 856 g/mol. The molecule has 0 saturated heterocycles. The molecule has 0 atom stereocenters. The predicted molar refractivity (Wildman–Crippen MR) is 207 cm³/mol. The van der Waals surface area contributed by atoms with Crippen LogP contribution in [0.15, 0.2) is 79.9 Å². The summed E-state index contributed by atoms with van der Waals surface area (Å²) >= 11 is 4.78. The number of primary amides is 3. The zero-order valence-electron chi connectivity index (χ0n) is 31.6. The molecule has 0 unspecified atom stereocenters. The van der Waals surface area contributed by atoms with Gasteiger partial charge in [-0.15, -0.1) is 16.7 Å². The van der Waals surface area contributed by atoms with E-state index in [1.54, 1.807) is 50.6 Å². The number of nitrogens with zero attached hydrogens (tertiary/aromatic N) is 13. The quantitative estimate of drug-likeness (QED) is 0.0604. The Morgan fingerprint density at radius 2 is 1.38 bits per heavy atom. The summed E-state index contributed by atoms with van der Waals surface area (Å²) in [4.78, 5) is 100.0. The highest BCUT2D eigenvalue weighted by Crippen LogP contribution is 2.08. The lowest BCUT2D eigenvalue weighted by Crippen LogP contribution is -2.27. The number of carbonyl (C=O) groups is 6. The van der Waals surface area contributed by atoms with E-state index in [2.05, 4.69) is 61.6 Å². The Balaban J connectivity index is 0.000000257. The Hall–Kier alpha value is -8.80. The van der Waals surface area contributed by atoms with Crippen LogP contribution in [0.2, 0.25) is 0 Å². The van der Waals surface area contributed by atoms with Gasteiger partial charge in [-0.25, -0.2) is 62.6 Å². The predicted octanol–water partition coefficient (Wildman–Crippen LogP) is -4.01. The molecule has 0 fully saturated rings. The number of H-pyrrole nitrogens is 2. The van der Waals surface area contributed by atoms with Crippen LogP contribution in [0.25, 0.3) is 5.65 Å². The molecule has 0 saturated carbocycles. The maximum Gasteiger partial charge on any atom is 0.425 e. The number of nitrogens with two attached hydrogens (primary N) is 6. The maximum atomic E-state index is 11.4. The van der Waals surface area contributed by atoms with Crippen molar-refractivity contribution in [2.75, 3.05) is 31.6 Å². The van der Waals surface area contributed by atoms with E-state index in [-0.39, 0.29) is 52.4 Å². The summed E-state index contributed by atoms with van der Waals surface area (Å²) in [5.74, 6) is -2.02. The number of anilines is 2. The smallest absolute Gasteiger partial charge is 0.383 e. The summed E-state index contributed by atoms with van der Waals surface area (Å²) in [6.45, 7) is 0. The molecule has 318 valence electrons. The molecule has 7 aromatic heterocycles. The summed E-state index contributed by atoms with van der Waals surface area (Å²) in [6, 6.07) is -0.584. The Morgan fingerprint density at radius 1 is 0.800 bits per heavy atom. The number of amides is 5. The van der Waals surface area contributed by atoms with Crippen LogP contribution in [0.3, 0.4) is 0 Å². The molecule has 31 heteroatoms. The molecular formula is C29H39ClN23O7+. The molecule has 7 rings (SSSR count). The number of hydrogen-bond donors (Lipinski definition) is 9. The van der Waals surface area contributed by atoms with Gasteiger partial charge in [-0.3, -0.25) is 19.0 Å². The summed E-state index contributed by atoms with van der Waals surface area (Å²) in [5, 5.41) is 11.9. The fraction of sp³-hybridized carbons (Fsp3) is 0.138. The highest BCUT2D eigenvalue weighted by molar-refractivity contribution is 6.17. The third kappa shape index (κ3) is 13.2. The van der Waals surface area contributed by atoms with Crippen molar-refractivity contribution in [2.45, 2.75) is 0 Å². The molecule has 7 aromatic rings. The SMILES string of the molecule is CNC(=O)n1ccnc1.CNC(=O)n1cnc(C(N)=O)c1N.Cn1nnc2c(C(N)=O)ncn2c1=O.NC(=O)c1[nH]cnc1N.NCCl.O=C(n1ccnc1)n1cc[nH+]c1. The highest BCUT2D eigenvalue weighted by Gasteiger charge is 2.16. The summed E-state index contributed by atoms with van der Waals surface area (Å²) in [6.07, 6.45) is 17.7. The van der Waals surface area contributed by atoms with Crippen molar-refractivity contribution in [3.63, 3.8) is 0 Å². The van der Waals surface area contributed by atoms with Crippen LogP contribution in [-0.2, 0) is 7.05 Å². The molecule has 0 bridgehead atoms. The van der Waals surface area contributed by atoms with Gasteiger partial charge in [0.15, 0.2) is 22.9 Å². The third-order valence-electron chi connectivity index (χ3n) is 6.56. The molecule has 60 heavy (non-hydrogen) atoms. The van der Waals surface area contributed by atoms with E-state index < -0.39 is 29.4 Å². The Kier molecular flexibility index (Phi) is 18.4. The van der Waals surface area contributed by atoms with Gasteiger partial charge in [0.2, 0.25) is 0 Å². The van der Waals surface area contributed by atoms with E-state index in [0.29, 0.717) is 0 Å². The van der Waals surface area contributed by atoms with Crippen molar-refractivity contribution in [3.05, 3.63) is 103 Å². The average molecular weight is 857 g/mol. The zero-order chi connectivity index (χ0) is 44.9. The third-order valence-corrected chi connectivity index (χ3v) is 6.56. The summed E-state index contributed by atoms with van der Waals surface area (Å²) in [5.41, 5.74) is 29.7. The van der Waals surface area contributed by atoms with Crippen LogP contribution in [0.4, 0.5) is 26.0 Å². The van der Waals surface area contributed by atoms with Crippen molar-refractivity contribution in [2.24, 2.45) is 30.0 Å². The second-order valence-electron chi connectivity index (χ2n) is 10.4. The number of alkyl halides is 1. The van der Waals surface area contributed by atoms with E-state index in [9.17, 15) is 33.6 Å². The molecule has 16 N–H and O–H groups in total. The van der Waals surface area contributed by atoms with Gasteiger partial charge >= 0.3 is 23.8 Å². The topological polar surface area (TPSA) is 449 Å². The van der Waals surface area contributed by atoms with E-state index in [1.807, 2.05) is 0 Å². The van der Waals surface area contributed by atoms with E-state index >= 15 is 0 Å². The fourth-order valence-electron chi connectivity index (χ4n) is 3.81. The van der Waals surface area contributed by atoms with Crippen molar-refractivity contribution in [1.29, 1.82) is 0 Å². The van der Waals surface area contributed by atoms with Crippen molar-refractivity contribution in [1.82, 2.24) is 78.2 Å². The number of fused-ring (bicyclic) bond motifs is 1. The second kappa shape index (κ2) is 23.3. The van der Waals surface area contributed by atoms with E-state index in [1.165, 1.54) is 53.1 Å². The van der Waals surface area contributed by atoms with Crippen LogP contribution in [0.5, 0.6) is 0 Å². The first kappa shape index (κ1) is 47.4. The lowest BCUT2D eigenvalue weighted by molar-refractivity contribution is -0.376. The minimum atomic E-state index is -0.764. The molecule has 0 radical (unpaired) electrons. The van der Waals surface area contributed by atoms with Crippen LogP contribution < -0.4 is 55.7 Å². The number of aromatic amines is 2. The number of nitrogens with one attached hydrogen (secondary N) is 4. The first-order chi connectivity index (χ1) is 28.5. The first-order valence-corrected chi connectivity index (χ1v) is 16.6. The largest absolute Gasteiger partial charge is 0.425 e. The first-order valence-electron chi connectivity index (χ1n) is 16.1. The number of aryl methyl sites for hydroxylation is 1. The van der Waals surface area contributed by atoms with Gasteiger partial charge in [0, 0.05) is 45.9 Å². The number of hydrogen-bond acceptors (Lipinski definition) is 17. The number of aromatic nitrogens is 15. The van der Waals surface area contributed by atoms with Crippen LogP contribution in [0, 0.1) is 0 Å². The van der Waals surface area contributed by atoms with Gasteiger partial charge < -0.3 is 50.0 Å². The van der Waals surface area contributed by atoms with Gasteiger partial charge in [0.25, 0.3) is 24.0 Å². The van der Waals surface area contributed by atoms with Crippen molar-refractivity contribution >= 4 is 64.7 Å². The maximum absolute atomic E-state index is 11.4. The number of rotatable bonds is 3. The molecule has 0 aliphatic rings. The molecule has 0 aromatic carbocycles. The summed E-state index contributed by atoms with van der Waals surface area (Å²) < 4.78 is 7.32. The minimum Gasteiger partial charge on any atom is -0.383 e. The molecule has 0 spiro atoms. The number of nitrogen functional groups attached to an aromatic ring is 2. The highest BCUT2D eigenvalue weighted by atomic mass is 35.5. The average Bonchev–Trinajstić information content (AvgIpc) is 4.08. The zero-order valence-corrected chi connectivity index (χ0v) is 32.4. The van der Waals surface area contributed by atoms with Crippen LogP contribution >= 0.6 is 11.6 Å². The lowest BCUT2D eigenvalue weighted by Gasteiger charge is -2.01. The Morgan fingerprint density at radius 3 is 1.82 bits per heavy atom. The van der Waals surface area contributed by atoms with E-state index in [0.717, 1.165) is 20.0 Å². The fourth-order valence-corrected chi connectivity index (χ4v) is 3.81. The summed E-state index contributed by atoms with van der Waals surface area (Å²) in [7, 11) is 4.45. The second-order valence-corrected chi connectivity index (χ2v) is 10.7. The van der Waals surface area contributed by atoms with Gasteiger partial charge in [-0.1, -0.05) is 5.21 Å². The van der Waals surface area contributed by atoms with Crippen molar-refractivity contribution in [3.8, 4) is 0 Å². The molecule has 0 aliphatic carbocycles. The lowest BCUT2D eigenvalue weighted by atomic mass is 10.4. The molecule has 7 heterocycles. The molecule has 0 aliphatic heterocycles. The Labute approximate surface area is 340 Å². The standard InChI is InChI=1S/C7H6N4O.C6H6N6O2.C6H9N5O2.C5H7N3O.C4H6N4O.CH4ClN/c12-7(10-3-1-8-5-10)11-4-2-9-6-11;1-11-6(14)12-2-8-3(4(7)13)5(12)9-10-11;1-9-6(13)11-2-10-3(4(11)7)5(8)12;1-6-5(9)8-3-2-7-4-8;5-3-2(4(6)9)7-1-8-3;2-1-3/h1-6H;2H,1H3,(H2,7,13);2H,7H2,1H3,(H2,8,12)(H,9,13);2-4H,1H3,(H,6,9);1H,5H2,(H2,6,9)(H,7,8);1,3H2/p+1. The minimum absolute atomic E-state index is 0.0600.